The van der Waals surface area contributed by atoms with Crippen LogP contribution in [-0.2, 0) is 20.7 Å². The Bertz CT molecular complexity index is 889. The molecule has 0 aromatic heterocycles. The summed E-state index contributed by atoms with van der Waals surface area (Å²) < 4.78 is 5.48. The Hall–Kier alpha value is -2.70. The van der Waals surface area contributed by atoms with E-state index >= 15 is 0 Å². The number of nitrogens with zero attached hydrogens (tertiary/aromatic N) is 1. The minimum absolute atomic E-state index is 0.0169. The van der Waals surface area contributed by atoms with Crippen LogP contribution in [0.4, 0.5) is 5.69 Å². The molecule has 164 valence electrons. The second-order valence-corrected chi connectivity index (χ2v) is 8.59. The molecule has 0 aliphatic carbocycles. The van der Waals surface area contributed by atoms with Gasteiger partial charge in [0, 0.05) is 18.7 Å². The number of ether oxygens (including phenoxy) is 1. The van der Waals surface area contributed by atoms with Crippen LogP contribution in [0, 0.1) is 6.92 Å². The van der Waals surface area contributed by atoms with Gasteiger partial charge in [-0.05, 0) is 36.6 Å². The molecule has 4 rings (SSSR count). The van der Waals surface area contributed by atoms with Crippen LogP contribution < -0.4 is 15.1 Å². The van der Waals surface area contributed by atoms with E-state index in [0.717, 1.165) is 62.6 Å². The molecule has 2 aliphatic heterocycles. The molecule has 2 aromatic carbocycles. The summed E-state index contributed by atoms with van der Waals surface area (Å²) in [5.41, 5.74) is 4.22. The standard InChI is InChI=1S/C25H31N3O3/c1-19-4-8-21(9-5-19)23(18-27-13-15-31-16-14-27)26-24(29)17-20-6-10-22(11-7-20)28-12-2-3-25(28)30/h4-11,23H,2-3,12-18H2,1H3,(H,26,29)/p+1/t23-/m0/s1. The molecule has 2 saturated heterocycles. The maximum atomic E-state index is 12.9. The summed E-state index contributed by atoms with van der Waals surface area (Å²) in [6, 6.07) is 16.2. The van der Waals surface area contributed by atoms with Crippen LogP contribution in [0.1, 0.15) is 35.6 Å². The summed E-state index contributed by atoms with van der Waals surface area (Å²) in [7, 11) is 0. The number of hydrogen-bond acceptors (Lipinski definition) is 3. The van der Waals surface area contributed by atoms with E-state index in [1.165, 1.54) is 10.5 Å². The molecule has 31 heavy (non-hydrogen) atoms. The highest BCUT2D eigenvalue weighted by molar-refractivity contribution is 5.95. The fourth-order valence-corrected chi connectivity index (χ4v) is 4.35. The molecule has 0 saturated carbocycles. The first-order chi connectivity index (χ1) is 15.1. The van der Waals surface area contributed by atoms with E-state index in [1.807, 2.05) is 29.2 Å². The first-order valence-corrected chi connectivity index (χ1v) is 11.2. The van der Waals surface area contributed by atoms with Crippen LogP contribution in [0.2, 0.25) is 0 Å². The van der Waals surface area contributed by atoms with Gasteiger partial charge in [-0.25, -0.2) is 0 Å². The van der Waals surface area contributed by atoms with Gasteiger partial charge in [0.25, 0.3) is 0 Å². The van der Waals surface area contributed by atoms with Crippen LogP contribution in [0.25, 0.3) is 0 Å². The van der Waals surface area contributed by atoms with Crippen LogP contribution in [-0.4, -0.2) is 51.2 Å². The third-order valence-corrected chi connectivity index (χ3v) is 6.19. The zero-order chi connectivity index (χ0) is 21.6. The van der Waals surface area contributed by atoms with E-state index in [0.29, 0.717) is 12.8 Å². The molecule has 6 nitrogen and oxygen atoms in total. The SMILES string of the molecule is Cc1ccc([C@H](C[NH+]2CCOCC2)NC(=O)Cc2ccc(N3CCCC3=O)cc2)cc1. The predicted octanol–water partition coefficient (Wildman–Crippen LogP) is 1.44. The van der Waals surface area contributed by atoms with E-state index in [-0.39, 0.29) is 17.9 Å². The van der Waals surface area contributed by atoms with E-state index < -0.39 is 0 Å². The maximum Gasteiger partial charge on any atom is 0.227 e. The smallest absolute Gasteiger partial charge is 0.227 e. The molecule has 2 aliphatic rings. The van der Waals surface area contributed by atoms with Gasteiger partial charge in [0.1, 0.15) is 25.7 Å². The molecular formula is C25H32N3O3+. The van der Waals surface area contributed by atoms with E-state index in [9.17, 15) is 9.59 Å². The Morgan fingerprint density at radius 1 is 1.10 bits per heavy atom. The molecule has 0 radical (unpaired) electrons. The number of aryl methyl sites for hydroxylation is 1. The third-order valence-electron chi connectivity index (χ3n) is 6.19. The van der Waals surface area contributed by atoms with Gasteiger partial charge in [-0.2, -0.15) is 0 Å². The largest absolute Gasteiger partial charge is 0.370 e. The van der Waals surface area contributed by atoms with Crippen molar-refractivity contribution in [2.24, 2.45) is 0 Å². The summed E-state index contributed by atoms with van der Waals surface area (Å²) in [6.07, 6.45) is 1.86. The first kappa shape index (κ1) is 21.5. The van der Waals surface area contributed by atoms with Gasteiger partial charge >= 0.3 is 0 Å². The Morgan fingerprint density at radius 2 is 1.81 bits per heavy atom. The van der Waals surface area contributed by atoms with Gasteiger partial charge in [-0.1, -0.05) is 42.0 Å². The summed E-state index contributed by atoms with van der Waals surface area (Å²) in [6.45, 7) is 7.19. The van der Waals surface area contributed by atoms with Gasteiger partial charge in [-0.15, -0.1) is 0 Å². The molecule has 0 unspecified atom stereocenters. The number of nitrogens with one attached hydrogen (secondary N) is 2. The number of morpholine rings is 1. The Morgan fingerprint density at radius 3 is 2.45 bits per heavy atom. The topological polar surface area (TPSA) is 63.1 Å². The molecule has 2 N–H and O–H groups in total. The van der Waals surface area contributed by atoms with Crippen molar-refractivity contribution >= 4 is 17.5 Å². The Labute approximate surface area is 184 Å². The van der Waals surface area contributed by atoms with Gasteiger partial charge < -0.3 is 19.9 Å². The van der Waals surface area contributed by atoms with E-state index in [1.54, 1.807) is 0 Å². The van der Waals surface area contributed by atoms with Gasteiger partial charge in [-0.3, -0.25) is 9.59 Å². The van der Waals surface area contributed by atoms with Crippen molar-refractivity contribution < 1.29 is 19.2 Å². The van der Waals surface area contributed by atoms with Crippen molar-refractivity contribution in [2.75, 3.05) is 44.3 Å². The average Bonchev–Trinajstić information content (AvgIpc) is 3.21. The van der Waals surface area contributed by atoms with Crippen molar-refractivity contribution in [3.05, 3.63) is 65.2 Å². The van der Waals surface area contributed by atoms with Crippen molar-refractivity contribution in [1.29, 1.82) is 0 Å². The number of anilines is 1. The van der Waals surface area contributed by atoms with Crippen LogP contribution in [0.15, 0.2) is 48.5 Å². The minimum Gasteiger partial charge on any atom is -0.370 e. The Balaban J connectivity index is 1.40. The van der Waals surface area contributed by atoms with Gasteiger partial charge in [0.15, 0.2) is 0 Å². The molecule has 2 fully saturated rings. The van der Waals surface area contributed by atoms with Crippen molar-refractivity contribution in [3.63, 3.8) is 0 Å². The third kappa shape index (κ3) is 5.71. The summed E-state index contributed by atoms with van der Waals surface area (Å²) in [5, 5.41) is 3.26. The first-order valence-electron chi connectivity index (χ1n) is 11.2. The van der Waals surface area contributed by atoms with Crippen molar-refractivity contribution in [3.8, 4) is 0 Å². The number of carbonyl (C=O) groups excluding carboxylic acids is 2. The quantitative estimate of drug-likeness (QED) is 0.710. The molecule has 6 heteroatoms. The molecule has 1 atom stereocenters. The highest BCUT2D eigenvalue weighted by Crippen LogP contribution is 2.22. The van der Waals surface area contributed by atoms with Crippen molar-refractivity contribution in [2.45, 2.75) is 32.2 Å². The van der Waals surface area contributed by atoms with Crippen LogP contribution >= 0.6 is 0 Å². The van der Waals surface area contributed by atoms with Gasteiger partial charge in [0.05, 0.1) is 19.6 Å². The number of carbonyl (C=O) groups is 2. The molecule has 2 heterocycles. The lowest BCUT2D eigenvalue weighted by atomic mass is 10.0. The lowest BCUT2D eigenvalue weighted by molar-refractivity contribution is -0.909. The lowest BCUT2D eigenvalue weighted by Crippen LogP contribution is -3.14. The molecular weight excluding hydrogens is 390 g/mol. The lowest BCUT2D eigenvalue weighted by Gasteiger charge is -2.28. The van der Waals surface area contributed by atoms with Crippen LogP contribution in [0.3, 0.4) is 0 Å². The zero-order valence-corrected chi connectivity index (χ0v) is 18.2. The summed E-state index contributed by atoms with van der Waals surface area (Å²) >= 11 is 0. The normalized spacial score (nSPS) is 18.2. The molecule has 0 bridgehead atoms. The molecule has 2 amide bonds. The number of hydrogen-bond donors (Lipinski definition) is 2. The average molecular weight is 423 g/mol. The second-order valence-electron chi connectivity index (χ2n) is 8.59. The fraction of sp³-hybridized carbons (Fsp3) is 0.440. The summed E-state index contributed by atoms with van der Waals surface area (Å²) in [5.74, 6) is 0.195. The van der Waals surface area contributed by atoms with Gasteiger partial charge in [0.2, 0.25) is 11.8 Å². The summed E-state index contributed by atoms with van der Waals surface area (Å²) in [4.78, 5) is 28.1. The maximum absolute atomic E-state index is 12.9. The molecule has 0 spiro atoms. The fourth-order valence-electron chi connectivity index (χ4n) is 4.35. The second kappa shape index (κ2) is 10.1. The van der Waals surface area contributed by atoms with Crippen molar-refractivity contribution in [1.82, 2.24) is 5.32 Å². The number of amides is 2. The minimum atomic E-state index is -0.0253. The number of rotatable bonds is 7. The highest BCUT2D eigenvalue weighted by atomic mass is 16.5. The van der Waals surface area contributed by atoms with E-state index in [4.69, 9.17) is 4.74 Å². The highest BCUT2D eigenvalue weighted by Gasteiger charge is 2.24. The number of quaternary nitrogens is 1. The predicted molar refractivity (Wildman–Crippen MR) is 120 cm³/mol. The monoisotopic (exact) mass is 422 g/mol. The molecule has 2 aromatic rings. The Kier molecular flexibility index (Phi) is 6.99. The zero-order valence-electron chi connectivity index (χ0n) is 18.2. The van der Waals surface area contributed by atoms with E-state index in [2.05, 4.69) is 36.5 Å². The number of benzene rings is 2. The van der Waals surface area contributed by atoms with Crippen LogP contribution in [0.5, 0.6) is 0 Å².